The van der Waals surface area contributed by atoms with Crippen LogP contribution in [0.4, 0.5) is 0 Å². The van der Waals surface area contributed by atoms with Crippen LogP contribution in [-0.4, -0.2) is 6.61 Å². The minimum Gasteiger partial charge on any atom is -0.457 e. The molecule has 166 valence electrons. The van der Waals surface area contributed by atoms with Crippen molar-refractivity contribution in [3.8, 4) is 11.5 Å². The zero-order valence-corrected chi connectivity index (χ0v) is 20.2. The Hall–Kier alpha value is -1.84. The summed E-state index contributed by atoms with van der Waals surface area (Å²) in [6.45, 7) is 18.0. The summed E-state index contributed by atoms with van der Waals surface area (Å²) in [5.74, 6) is 2.84. The smallest absolute Gasteiger partial charge is 0.137 e. The van der Waals surface area contributed by atoms with E-state index >= 15 is 0 Å². The van der Waals surface area contributed by atoms with Crippen molar-refractivity contribution in [3.05, 3.63) is 58.7 Å². The summed E-state index contributed by atoms with van der Waals surface area (Å²) in [5, 5.41) is 0. The van der Waals surface area contributed by atoms with Crippen molar-refractivity contribution >= 4 is 0 Å². The highest BCUT2D eigenvalue weighted by atomic mass is 16.5. The number of benzene rings is 2. The molecule has 0 aliphatic heterocycles. The molecule has 0 radical (unpaired) electrons. The van der Waals surface area contributed by atoms with E-state index in [0.717, 1.165) is 35.5 Å². The quantitative estimate of drug-likeness (QED) is 0.451. The predicted molar refractivity (Wildman–Crippen MR) is 127 cm³/mol. The zero-order valence-electron chi connectivity index (χ0n) is 20.2. The second-order valence-electron chi connectivity index (χ2n) is 9.73. The lowest BCUT2D eigenvalue weighted by Crippen LogP contribution is -2.31. The molecule has 3 heteroatoms. The van der Waals surface area contributed by atoms with E-state index in [1.54, 1.807) is 0 Å². The number of nitrogens with two attached hydrogens (primary N) is 1. The first-order valence-corrected chi connectivity index (χ1v) is 11.4. The van der Waals surface area contributed by atoms with Gasteiger partial charge in [-0.25, -0.2) is 0 Å². The lowest BCUT2D eigenvalue weighted by molar-refractivity contribution is 0.0733. The molecule has 1 atom stereocenters. The van der Waals surface area contributed by atoms with Gasteiger partial charge in [0.25, 0.3) is 0 Å². The topological polar surface area (TPSA) is 44.5 Å². The molecule has 0 aromatic heterocycles. The average molecular weight is 412 g/mol. The Morgan fingerprint density at radius 3 is 2.03 bits per heavy atom. The maximum Gasteiger partial charge on any atom is 0.137 e. The van der Waals surface area contributed by atoms with Crippen molar-refractivity contribution in [1.82, 2.24) is 0 Å². The van der Waals surface area contributed by atoms with E-state index in [2.05, 4.69) is 54.5 Å². The zero-order chi connectivity index (χ0) is 22.5. The Labute approximate surface area is 184 Å². The van der Waals surface area contributed by atoms with Crippen LogP contribution in [0.2, 0.25) is 0 Å². The Morgan fingerprint density at radius 1 is 0.933 bits per heavy atom. The molecule has 2 rings (SSSR count). The summed E-state index contributed by atoms with van der Waals surface area (Å²) in [4.78, 5) is 0. The SMILES string of the molecule is CCOC(C)c1c(C(C)(C)N)cc(CC(C)C)c(CC(C)C)c1Oc1ccccc1. The standard InChI is InChI=1S/C27H41NO2/c1-9-29-20(6)25-24(27(7,8)28)17-21(15-18(2)3)23(16-19(4)5)26(25)30-22-13-11-10-12-14-22/h10-14,17-20H,9,15-16,28H2,1-8H3. The first-order valence-electron chi connectivity index (χ1n) is 11.4. The third-order valence-electron chi connectivity index (χ3n) is 5.24. The fourth-order valence-electron chi connectivity index (χ4n) is 4.02. The lowest BCUT2D eigenvalue weighted by atomic mass is 9.81. The van der Waals surface area contributed by atoms with Gasteiger partial charge < -0.3 is 15.2 Å². The molecule has 2 aromatic carbocycles. The number of hydrogen-bond donors (Lipinski definition) is 1. The van der Waals surface area contributed by atoms with Crippen molar-refractivity contribution in [3.63, 3.8) is 0 Å². The molecule has 0 heterocycles. The summed E-state index contributed by atoms with van der Waals surface area (Å²) in [6, 6.07) is 12.4. The van der Waals surface area contributed by atoms with Crippen LogP contribution in [0.1, 0.15) is 83.7 Å². The maximum atomic E-state index is 6.69. The minimum absolute atomic E-state index is 0.106. The van der Waals surface area contributed by atoms with Crippen LogP contribution < -0.4 is 10.5 Å². The van der Waals surface area contributed by atoms with Gasteiger partial charge in [0, 0.05) is 17.7 Å². The van der Waals surface area contributed by atoms with E-state index in [9.17, 15) is 0 Å². The molecule has 0 saturated carbocycles. The second-order valence-corrected chi connectivity index (χ2v) is 9.73. The molecule has 0 fully saturated rings. The van der Waals surface area contributed by atoms with Crippen molar-refractivity contribution in [2.24, 2.45) is 17.6 Å². The van der Waals surface area contributed by atoms with Gasteiger partial charge in [-0.05, 0) is 81.2 Å². The number of para-hydroxylation sites is 1. The molecule has 30 heavy (non-hydrogen) atoms. The van der Waals surface area contributed by atoms with E-state index < -0.39 is 5.54 Å². The van der Waals surface area contributed by atoms with Crippen LogP contribution in [0.5, 0.6) is 11.5 Å². The summed E-state index contributed by atoms with van der Waals surface area (Å²) in [6.07, 6.45) is 1.85. The largest absolute Gasteiger partial charge is 0.457 e. The van der Waals surface area contributed by atoms with E-state index in [1.165, 1.54) is 11.1 Å². The van der Waals surface area contributed by atoms with Gasteiger partial charge in [0.1, 0.15) is 11.5 Å². The maximum absolute atomic E-state index is 6.69. The first kappa shape index (κ1) is 24.4. The summed E-state index contributed by atoms with van der Waals surface area (Å²) >= 11 is 0. The second kappa shape index (κ2) is 10.5. The fraction of sp³-hybridized carbons (Fsp3) is 0.556. The summed E-state index contributed by atoms with van der Waals surface area (Å²) < 4.78 is 12.7. The van der Waals surface area contributed by atoms with Gasteiger partial charge in [-0.2, -0.15) is 0 Å². The molecule has 3 nitrogen and oxygen atoms in total. The normalized spacial score (nSPS) is 13.2. The van der Waals surface area contributed by atoms with Crippen LogP contribution in [0, 0.1) is 11.8 Å². The first-order chi connectivity index (χ1) is 14.0. The molecule has 0 amide bonds. The molecule has 2 aromatic rings. The third kappa shape index (κ3) is 6.33. The van der Waals surface area contributed by atoms with Gasteiger partial charge in [-0.3, -0.25) is 0 Å². The van der Waals surface area contributed by atoms with Gasteiger partial charge in [0.2, 0.25) is 0 Å². The fourth-order valence-corrected chi connectivity index (χ4v) is 4.02. The predicted octanol–water partition coefficient (Wildman–Crippen LogP) is 7.17. The highest BCUT2D eigenvalue weighted by Crippen LogP contribution is 2.43. The average Bonchev–Trinajstić information content (AvgIpc) is 2.63. The number of hydrogen-bond acceptors (Lipinski definition) is 3. The summed E-state index contributed by atoms with van der Waals surface area (Å²) in [5.41, 5.74) is 11.0. The van der Waals surface area contributed by atoms with E-state index in [4.69, 9.17) is 15.2 Å². The van der Waals surface area contributed by atoms with Gasteiger partial charge in [0.15, 0.2) is 0 Å². The Bertz CT molecular complexity index is 804. The van der Waals surface area contributed by atoms with Crippen molar-refractivity contribution < 1.29 is 9.47 Å². The van der Waals surface area contributed by atoms with Gasteiger partial charge in [-0.1, -0.05) is 52.0 Å². The Balaban J connectivity index is 2.86. The minimum atomic E-state index is -0.502. The molecule has 0 aliphatic rings. The van der Waals surface area contributed by atoms with Gasteiger partial charge in [0.05, 0.1) is 6.10 Å². The van der Waals surface area contributed by atoms with Crippen molar-refractivity contribution in [1.29, 1.82) is 0 Å². The van der Waals surface area contributed by atoms with E-state index in [0.29, 0.717) is 18.4 Å². The van der Waals surface area contributed by atoms with E-state index in [-0.39, 0.29) is 6.10 Å². The number of rotatable bonds is 10. The molecule has 1 unspecified atom stereocenters. The van der Waals surface area contributed by atoms with Crippen LogP contribution in [0.3, 0.4) is 0 Å². The van der Waals surface area contributed by atoms with Crippen LogP contribution >= 0.6 is 0 Å². The van der Waals surface area contributed by atoms with Crippen molar-refractivity contribution in [2.75, 3.05) is 6.61 Å². The Morgan fingerprint density at radius 2 is 1.53 bits per heavy atom. The monoisotopic (exact) mass is 411 g/mol. The third-order valence-corrected chi connectivity index (χ3v) is 5.24. The Kier molecular flexibility index (Phi) is 8.52. The van der Waals surface area contributed by atoms with E-state index in [1.807, 2.05) is 37.3 Å². The van der Waals surface area contributed by atoms with Gasteiger partial charge >= 0.3 is 0 Å². The summed E-state index contributed by atoms with van der Waals surface area (Å²) in [7, 11) is 0. The molecule has 0 bridgehead atoms. The highest BCUT2D eigenvalue weighted by Gasteiger charge is 2.30. The molecule has 2 N–H and O–H groups in total. The lowest BCUT2D eigenvalue weighted by Gasteiger charge is -2.31. The van der Waals surface area contributed by atoms with Crippen LogP contribution in [0.15, 0.2) is 36.4 Å². The van der Waals surface area contributed by atoms with Crippen LogP contribution in [-0.2, 0) is 23.1 Å². The van der Waals surface area contributed by atoms with Crippen molar-refractivity contribution in [2.45, 2.75) is 79.9 Å². The molecule has 0 saturated heterocycles. The molecular weight excluding hydrogens is 370 g/mol. The van der Waals surface area contributed by atoms with Crippen LogP contribution in [0.25, 0.3) is 0 Å². The molecule has 0 spiro atoms. The molecular formula is C27H41NO2. The highest BCUT2D eigenvalue weighted by molar-refractivity contribution is 5.56. The van der Waals surface area contributed by atoms with Gasteiger partial charge in [-0.15, -0.1) is 0 Å². The number of ether oxygens (including phenoxy) is 2. The molecule has 0 aliphatic carbocycles.